The first-order valence-corrected chi connectivity index (χ1v) is 6.65. The number of carbonyl (C=O) groups excluding carboxylic acids is 1. The number of ketones is 1. The van der Waals surface area contributed by atoms with Gasteiger partial charge < -0.3 is 5.32 Å². The molecule has 1 unspecified atom stereocenters. The highest BCUT2D eigenvalue weighted by Gasteiger charge is 2.16. The van der Waals surface area contributed by atoms with Gasteiger partial charge in [-0.2, -0.15) is 4.37 Å². The van der Waals surface area contributed by atoms with E-state index in [1.54, 1.807) is 6.92 Å². The molecule has 3 nitrogen and oxygen atoms in total. The summed E-state index contributed by atoms with van der Waals surface area (Å²) < 4.78 is 4.24. The van der Waals surface area contributed by atoms with E-state index in [-0.39, 0.29) is 11.8 Å². The number of Topliss-reactive ketones (excluding diaryl/α,β-unsaturated/α-hetero) is 1. The van der Waals surface area contributed by atoms with E-state index in [0.29, 0.717) is 5.56 Å². The van der Waals surface area contributed by atoms with Gasteiger partial charge in [-0.15, -0.1) is 0 Å². The molecule has 1 atom stereocenters. The van der Waals surface area contributed by atoms with Crippen molar-refractivity contribution in [1.29, 1.82) is 0 Å². The van der Waals surface area contributed by atoms with Crippen molar-refractivity contribution in [3.05, 3.63) is 47.2 Å². The average molecular weight is 260 g/mol. The number of anilines is 1. The highest BCUT2D eigenvalue weighted by atomic mass is 32.1. The van der Waals surface area contributed by atoms with E-state index in [9.17, 15) is 4.79 Å². The van der Waals surface area contributed by atoms with Gasteiger partial charge in [-0.25, -0.2) is 0 Å². The zero-order valence-electron chi connectivity index (χ0n) is 10.7. The summed E-state index contributed by atoms with van der Waals surface area (Å²) in [5, 5.41) is 4.22. The third-order valence-corrected chi connectivity index (χ3v) is 3.73. The van der Waals surface area contributed by atoms with E-state index in [1.807, 2.05) is 25.1 Å². The zero-order chi connectivity index (χ0) is 13.1. The van der Waals surface area contributed by atoms with Crippen LogP contribution in [0.4, 0.5) is 5.00 Å². The molecule has 2 rings (SSSR count). The van der Waals surface area contributed by atoms with Crippen LogP contribution in [-0.2, 0) is 0 Å². The first-order chi connectivity index (χ1) is 8.59. The molecule has 0 aliphatic heterocycles. The minimum Gasteiger partial charge on any atom is -0.369 e. The lowest BCUT2D eigenvalue weighted by Gasteiger charge is -2.14. The van der Waals surface area contributed by atoms with Gasteiger partial charge in [0, 0.05) is 6.04 Å². The molecule has 4 heteroatoms. The normalized spacial score (nSPS) is 12.2. The Morgan fingerprint density at radius 2 is 2.00 bits per heavy atom. The number of hydrogen-bond donors (Lipinski definition) is 1. The topological polar surface area (TPSA) is 42.0 Å². The second kappa shape index (κ2) is 5.31. The second-order valence-corrected chi connectivity index (χ2v) is 5.08. The van der Waals surface area contributed by atoms with Gasteiger partial charge in [-0.05, 0) is 37.9 Å². The van der Waals surface area contributed by atoms with E-state index in [4.69, 9.17) is 0 Å². The van der Waals surface area contributed by atoms with E-state index in [1.165, 1.54) is 17.1 Å². The van der Waals surface area contributed by atoms with Gasteiger partial charge >= 0.3 is 0 Å². The van der Waals surface area contributed by atoms with E-state index < -0.39 is 0 Å². The van der Waals surface area contributed by atoms with Crippen molar-refractivity contribution in [2.75, 3.05) is 5.32 Å². The third-order valence-electron chi connectivity index (χ3n) is 2.86. The molecule has 18 heavy (non-hydrogen) atoms. The van der Waals surface area contributed by atoms with Crippen LogP contribution in [0.3, 0.4) is 0 Å². The minimum absolute atomic E-state index is 0.0593. The number of aromatic nitrogens is 1. The van der Waals surface area contributed by atoms with Crippen LogP contribution in [-0.4, -0.2) is 10.2 Å². The fraction of sp³-hybridized carbons (Fsp3) is 0.286. The molecule has 0 spiro atoms. The summed E-state index contributed by atoms with van der Waals surface area (Å²) in [5.74, 6) is 0.0593. The van der Waals surface area contributed by atoms with Gasteiger partial charge in [0.05, 0.1) is 11.3 Å². The molecule has 1 heterocycles. The van der Waals surface area contributed by atoms with Crippen LogP contribution in [0.2, 0.25) is 0 Å². The first kappa shape index (κ1) is 12.8. The molecule has 1 aromatic heterocycles. The van der Waals surface area contributed by atoms with Crippen molar-refractivity contribution in [3.8, 4) is 0 Å². The van der Waals surface area contributed by atoms with Crippen molar-refractivity contribution >= 4 is 22.3 Å². The van der Waals surface area contributed by atoms with Gasteiger partial charge in [0.15, 0.2) is 5.78 Å². The summed E-state index contributed by atoms with van der Waals surface area (Å²) in [5.41, 5.74) is 2.70. The van der Waals surface area contributed by atoms with Gasteiger partial charge in [-0.3, -0.25) is 4.79 Å². The second-order valence-electron chi connectivity index (χ2n) is 4.31. The summed E-state index contributed by atoms with van der Waals surface area (Å²) in [4.78, 5) is 11.6. The Kier molecular flexibility index (Phi) is 3.77. The van der Waals surface area contributed by atoms with Crippen LogP contribution >= 0.6 is 11.5 Å². The van der Waals surface area contributed by atoms with Crippen LogP contribution in [0, 0.1) is 6.92 Å². The molecule has 0 saturated heterocycles. The molecule has 0 fully saturated rings. The van der Waals surface area contributed by atoms with Gasteiger partial charge in [-0.1, -0.05) is 30.3 Å². The molecule has 0 aliphatic rings. The van der Waals surface area contributed by atoms with Crippen LogP contribution in [0.15, 0.2) is 30.3 Å². The van der Waals surface area contributed by atoms with Crippen molar-refractivity contribution in [1.82, 2.24) is 4.37 Å². The van der Waals surface area contributed by atoms with E-state index in [2.05, 4.69) is 28.7 Å². The Bertz CT molecular complexity index is 548. The maximum Gasteiger partial charge on any atom is 0.164 e. The summed E-state index contributed by atoms with van der Waals surface area (Å²) in [6.45, 7) is 5.52. The third kappa shape index (κ3) is 2.59. The van der Waals surface area contributed by atoms with Crippen molar-refractivity contribution in [2.24, 2.45) is 0 Å². The fourth-order valence-corrected chi connectivity index (χ4v) is 2.84. The number of hydrogen-bond acceptors (Lipinski definition) is 4. The Hall–Kier alpha value is -1.68. The zero-order valence-corrected chi connectivity index (χ0v) is 11.5. The highest BCUT2D eigenvalue weighted by molar-refractivity contribution is 7.10. The van der Waals surface area contributed by atoms with Crippen LogP contribution < -0.4 is 5.32 Å². The van der Waals surface area contributed by atoms with Crippen molar-refractivity contribution < 1.29 is 4.79 Å². The lowest BCUT2D eigenvalue weighted by molar-refractivity contribution is 0.101. The number of carbonyl (C=O) groups is 1. The Morgan fingerprint density at radius 1 is 1.33 bits per heavy atom. The average Bonchev–Trinajstić information content (AvgIpc) is 2.71. The monoisotopic (exact) mass is 260 g/mol. The standard InChI is InChI=1S/C14H16N2OS/c1-9(12-7-5-4-6-8-12)15-14-13(11(3)17)10(2)16-18-14/h4-9,15H,1-3H3. The molecule has 1 aromatic carbocycles. The molecule has 1 N–H and O–H groups in total. The van der Waals surface area contributed by atoms with Gasteiger partial charge in [0.2, 0.25) is 0 Å². The number of nitrogens with one attached hydrogen (secondary N) is 1. The highest BCUT2D eigenvalue weighted by Crippen LogP contribution is 2.28. The van der Waals surface area contributed by atoms with Gasteiger partial charge in [0.1, 0.15) is 5.00 Å². The van der Waals surface area contributed by atoms with Crippen molar-refractivity contribution in [3.63, 3.8) is 0 Å². The lowest BCUT2D eigenvalue weighted by atomic mass is 10.1. The minimum atomic E-state index is 0.0593. The SMILES string of the molecule is CC(=O)c1c(C)nsc1NC(C)c1ccccc1. The number of nitrogens with zero attached hydrogens (tertiary/aromatic N) is 1. The number of rotatable bonds is 4. The smallest absolute Gasteiger partial charge is 0.164 e. The van der Waals surface area contributed by atoms with Crippen LogP contribution in [0.5, 0.6) is 0 Å². The quantitative estimate of drug-likeness (QED) is 0.849. The molecule has 0 saturated carbocycles. The summed E-state index contributed by atoms with van der Waals surface area (Å²) >= 11 is 1.35. The maximum atomic E-state index is 11.6. The number of benzene rings is 1. The molecule has 0 bridgehead atoms. The maximum absolute atomic E-state index is 11.6. The fourth-order valence-electron chi connectivity index (χ4n) is 1.90. The predicted octanol–water partition coefficient (Wildman–Crippen LogP) is 3.83. The van der Waals surface area contributed by atoms with E-state index >= 15 is 0 Å². The molecule has 0 amide bonds. The molecule has 94 valence electrons. The Balaban J connectivity index is 2.22. The van der Waals surface area contributed by atoms with Crippen LogP contribution in [0.1, 0.15) is 41.5 Å². The largest absolute Gasteiger partial charge is 0.369 e. The molecule has 2 aromatic rings. The summed E-state index contributed by atoms with van der Waals surface area (Å²) in [6.07, 6.45) is 0. The molecule has 0 aliphatic carbocycles. The predicted molar refractivity (Wildman–Crippen MR) is 75.3 cm³/mol. The Labute approximate surface area is 111 Å². The van der Waals surface area contributed by atoms with Gasteiger partial charge in [0.25, 0.3) is 0 Å². The summed E-state index contributed by atoms with van der Waals surface area (Å²) in [6, 6.07) is 10.3. The molecular weight excluding hydrogens is 244 g/mol. The van der Waals surface area contributed by atoms with E-state index in [0.717, 1.165) is 10.7 Å². The first-order valence-electron chi connectivity index (χ1n) is 5.88. The number of aryl methyl sites for hydroxylation is 1. The lowest BCUT2D eigenvalue weighted by Crippen LogP contribution is -2.08. The summed E-state index contributed by atoms with van der Waals surface area (Å²) in [7, 11) is 0. The molecule has 0 radical (unpaired) electrons. The molecular formula is C14H16N2OS. The van der Waals surface area contributed by atoms with Crippen molar-refractivity contribution in [2.45, 2.75) is 26.8 Å². The van der Waals surface area contributed by atoms with Crippen LogP contribution in [0.25, 0.3) is 0 Å². The Morgan fingerprint density at radius 3 is 2.61 bits per heavy atom.